The maximum Gasteiger partial charge on any atom is 0.331 e. The Bertz CT molecular complexity index is 518. The first-order valence-corrected chi connectivity index (χ1v) is 7.27. The standard InChI is InChI=1S/C19H24O2/c1-16(2)8-7-9-17(3)14-15-21-19(20)13-12-18-10-5-4-6-11-18/h4-6,8,10-14H,7,9,15H2,1-3H3/b13-12+,17-14+. The van der Waals surface area contributed by atoms with Crippen LogP contribution in [0.3, 0.4) is 0 Å². The smallest absolute Gasteiger partial charge is 0.331 e. The molecule has 0 N–H and O–H groups in total. The fraction of sp³-hybridized carbons (Fsp3) is 0.316. The Morgan fingerprint density at radius 1 is 1.10 bits per heavy atom. The van der Waals surface area contributed by atoms with Crippen LogP contribution in [-0.2, 0) is 9.53 Å². The van der Waals surface area contributed by atoms with Crippen LogP contribution in [-0.4, -0.2) is 12.6 Å². The molecule has 0 heterocycles. The van der Waals surface area contributed by atoms with Gasteiger partial charge in [-0.1, -0.05) is 47.6 Å². The molecule has 0 spiro atoms. The summed E-state index contributed by atoms with van der Waals surface area (Å²) in [4.78, 5) is 11.6. The first-order valence-electron chi connectivity index (χ1n) is 7.27. The molecule has 0 atom stereocenters. The van der Waals surface area contributed by atoms with Crippen molar-refractivity contribution in [3.05, 3.63) is 65.3 Å². The van der Waals surface area contributed by atoms with E-state index in [9.17, 15) is 4.79 Å². The molecule has 1 aromatic carbocycles. The fourth-order valence-corrected chi connectivity index (χ4v) is 1.73. The fourth-order valence-electron chi connectivity index (χ4n) is 1.73. The van der Waals surface area contributed by atoms with E-state index in [0.717, 1.165) is 18.4 Å². The van der Waals surface area contributed by atoms with Crippen molar-refractivity contribution in [3.8, 4) is 0 Å². The highest BCUT2D eigenvalue weighted by Gasteiger charge is 1.95. The third kappa shape index (κ3) is 8.64. The van der Waals surface area contributed by atoms with E-state index in [1.54, 1.807) is 6.08 Å². The zero-order valence-electron chi connectivity index (χ0n) is 13.1. The monoisotopic (exact) mass is 284 g/mol. The quantitative estimate of drug-likeness (QED) is 0.403. The average Bonchev–Trinajstić information content (AvgIpc) is 2.46. The van der Waals surface area contributed by atoms with E-state index in [2.05, 4.69) is 26.8 Å². The van der Waals surface area contributed by atoms with Crippen LogP contribution in [0.2, 0.25) is 0 Å². The average molecular weight is 284 g/mol. The second-order valence-electron chi connectivity index (χ2n) is 5.24. The van der Waals surface area contributed by atoms with E-state index in [1.807, 2.05) is 36.4 Å². The minimum Gasteiger partial charge on any atom is -0.458 e. The molecule has 112 valence electrons. The lowest BCUT2D eigenvalue weighted by molar-refractivity contribution is -0.136. The summed E-state index contributed by atoms with van der Waals surface area (Å²) in [7, 11) is 0. The van der Waals surface area contributed by atoms with Gasteiger partial charge >= 0.3 is 5.97 Å². The molecular formula is C19H24O2. The maximum atomic E-state index is 11.6. The molecule has 0 fully saturated rings. The highest BCUT2D eigenvalue weighted by molar-refractivity contribution is 5.87. The molecule has 1 rings (SSSR count). The molecule has 0 bridgehead atoms. The Hall–Kier alpha value is -2.09. The minimum atomic E-state index is -0.313. The number of rotatable bonds is 7. The Labute approximate surface area is 127 Å². The number of ether oxygens (including phenoxy) is 1. The van der Waals surface area contributed by atoms with Gasteiger partial charge in [0.05, 0.1) is 0 Å². The molecule has 1 aromatic rings. The molecule has 0 aliphatic carbocycles. The number of esters is 1. The van der Waals surface area contributed by atoms with Gasteiger partial charge in [-0.25, -0.2) is 4.79 Å². The van der Waals surface area contributed by atoms with Gasteiger partial charge in [-0.15, -0.1) is 0 Å². The van der Waals surface area contributed by atoms with Gasteiger partial charge in [0.25, 0.3) is 0 Å². The van der Waals surface area contributed by atoms with Crippen LogP contribution in [0, 0.1) is 0 Å². The highest BCUT2D eigenvalue weighted by atomic mass is 16.5. The summed E-state index contributed by atoms with van der Waals surface area (Å²) in [6.07, 6.45) is 9.43. The predicted octanol–water partition coefficient (Wildman–Crippen LogP) is 4.94. The molecule has 0 unspecified atom stereocenters. The van der Waals surface area contributed by atoms with Crippen LogP contribution in [0.5, 0.6) is 0 Å². The largest absolute Gasteiger partial charge is 0.458 e. The van der Waals surface area contributed by atoms with Gasteiger partial charge in [-0.3, -0.25) is 0 Å². The van der Waals surface area contributed by atoms with E-state index < -0.39 is 0 Å². The summed E-state index contributed by atoms with van der Waals surface area (Å²) < 4.78 is 5.14. The lowest BCUT2D eigenvalue weighted by Gasteiger charge is -2.01. The number of hydrogen-bond acceptors (Lipinski definition) is 2. The van der Waals surface area contributed by atoms with Gasteiger partial charge in [0.15, 0.2) is 0 Å². The van der Waals surface area contributed by atoms with Crippen molar-refractivity contribution in [1.82, 2.24) is 0 Å². The maximum absolute atomic E-state index is 11.6. The summed E-state index contributed by atoms with van der Waals surface area (Å²) in [5.41, 5.74) is 3.57. The Balaban J connectivity index is 2.29. The van der Waals surface area contributed by atoms with Crippen LogP contribution in [0.4, 0.5) is 0 Å². The van der Waals surface area contributed by atoms with Crippen LogP contribution in [0.1, 0.15) is 39.2 Å². The van der Waals surface area contributed by atoms with E-state index in [1.165, 1.54) is 17.2 Å². The van der Waals surface area contributed by atoms with Crippen LogP contribution >= 0.6 is 0 Å². The van der Waals surface area contributed by atoms with Gasteiger partial charge < -0.3 is 4.74 Å². The molecule has 21 heavy (non-hydrogen) atoms. The SMILES string of the molecule is CC(C)=CCC/C(C)=C/COC(=O)/C=C/c1ccccc1. The second kappa shape index (κ2) is 9.76. The summed E-state index contributed by atoms with van der Waals surface area (Å²) in [5.74, 6) is -0.313. The van der Waals surface area contributed by atoms with Crippen molar-refractivity contribution in [1.29, 1.82) is 0 Å². The molecule has 0 amide bonds. The minimum absolute atomic E-state index is 0.313. The number of carbonyl (C=O) groups excluding carboxylic acids is 1. The van der Waals surface area contributed by atoms with Crippen molar-refractivity contribution >= 4 is 12.0 Å². The highest BCUT2D eigenvalue weighted by Crippen LogP contribution is 2.06. The first kappa shape index (κ1) is 17.0. The van der Waals surface area contributed by atoms with Crippen molar-refractivity contribution in [2.24, 2.45) is 0 Å². The Morgan fingerprint density at radius 3 is 2.48 bits per heavy atom. The summed E-state index contributed by atoms with van der Waals surface area (Å²) in [6.45, 7) is 6.59. The number of allylic oxidation sites excluding steroid dienone is 3. The third-order valence-corrected chi connectivity index (χ3v) is 2.96. The van der Waals surface area contributed by atoms with Crippen molar-refractivity contribution in [2.45, 2.75) is 33.6 Å². The summed E-state index contributed by atoms with van der Waals surface area (Å²) in [5, 5.41) is 0. The van der Waals surface area contributed by atoms with Crippen molar-refractivity contribution < 1.29 is 9.53 Å². The van der Waals surface area contributed by atoms with E-state index >= 15 is 0 Å². The van der Waals surface area contributed by atoms with E-state index in [-0.39, 0.29) is 5.97 Å². The van der Waals surface area contributed by atoms with Gasteiger partial charge in [0.1, 0.15) is 6.61 Å². The second-order valence-corrected chi connectivity index (χ2v) is 5.24. The molecule has 2 nitrogen and oxygen atoms in total. The van der Waals surface area contributed by atoms with E-state index in [0.29, 0.717) is 6.61 Å². The van der Waals surface area contributed by atoms with Crippen LogP contribution < -0.4 is 0 Å². The molecule has 0 aliphatic rings. The van der Waals surface area contributed by atoms with Crippen molar-refractivity contribution in [3.63, 3.8) is 0 Å². The van der Waals surface area contributed by atoms with Gasteiger partial charge in [-0.2, -0.15) is 0 Å². The molecule has 0 radical (unpaired) electrons. The molecule has 0 saturated heterocycles. The zero-order chi connectivity index (χ0) is 15.5. The van der Waals surface area contributed by atoms with E-state index in [4.69, 9.17) is 4.74 Å². The zero-order valence-corrected chi connectivity index (χ0v) is 13.1. The lowest BCUT2D eigenvalue weighted by atomic mass is 10.1. The molecule has 2 heteroatoms. The normalized spacial score (nSPS) is 11.5. The molecule has 0 aliphatic heterocycles. The van der Waals surface area contributed by atoms with Crippen LogP contribution in [0.25, 0.3) is 6.08 Å². The Morgan fingerprint density at radius 2 is 1.81 bits per heavy atom. The van der Waals surface area contributed by atoms with Gasteiger partial charge in [-0.05, 0) is 51.3 Å². The number of hydrogen-bond donors (Lipinski definition) is 0. The summed E-state index contributed by atoms with van der Waals surface area (Å²) >= 11 is 0. The molecule has 0 aromatic heterocycles. The van der Waals surface area contributed by atoms with Crippen LogP contribution in [0.15, 0.2) is 59.7 Å². The number of benzene rings is 1. The lowest BCUT2D eigenvalue weighted by Crippen LogP contribution is -2.00. The third-order valence-electron chi connectivity index (χ3n) is 2.96. The summed E-state index contributed by atoms with van der Waals surface area (Å²) in [6, 6.07) is 9.69. The van der Waals surface area contributed by atoms with Crippen molar-refractivity contribution in [2.75, 3.05) is 6.61 Å². The Kier molecular flexibility index (Phi) is 7.88. The topological polar surface area (TPSA) is 26.3 Å². The molecular weight excluding hydrogens is 260 g/mol. The molecule has 0 saturated carbocycles. The van der Waals surface area contributed by atoms with Gasteiger partial charge in [0.2, 0.25) is 0 Å². The number of carbonyl (C=O) groups is 1. The first-order chi connectivity index (χ1) is 10.1. The van der Waals surface area contributed by atoms with Gasteiger partial charge in [0, 0.05) is 6.08 Å². The predicted molar refractivity (Wildman–Crippen MR) is 88.9 cm³/mol.